The molecule has 1 heterocycles. The van der Waals surface area contributed by atoms with Crippen LogP contribution in [0.25, 0.3) is 0 Å². The molecule has 0 bridgehead atoms. The first-order chi connectivity index (χ1) is 12.6. The Morgan fingerprint density at radius 3 is 2.50 bits per heavy atom. The van der Waals surface area contributed by atoms with Crippen molar-refractivity contribution in [2.75, 3.05) is 39.8 Å². The van der Waals surface area contributed by atoms with Crippen LogP contribution in [0.4, 0.5) is 0 Å². The molecule has 0 saturated carbocycles. The van der Waals surface area contributed by atoms with Crippen LogP contribution in [0.15, 0.2) is 4.99 Å². The zero-order valence-corrected chi connectivity index (χ0v) is 17.2. The molecule has 0 radical (unpaired) electrons. The number of primary amides is 1. The molecular formula is C20H41N5O. The van der Waals surface area contributed by atoms with Gasteiger partial charge in [0.15, 0.2) is 5.96 Å². The van der Waals surface area contributed by atoms with Crippen LogP contribution in [-0.2, 0) is 4.79 Å². The van der Waals surface area contributed by atoms with Gasteiger partial charge in [0.1, 0.15) is 0 Å². The first-order valence-corrected chi connectivity index (χ1v) is 10.6. The number of piperidine rings is 1. The van der Waals surface area contributed by atoms with Crippen molar-refractivity contribution in [2.24, 2.45) is 22.6 Å². The molecule has 6 nitrogen and oxygen atoms in total. The highest BCUT2D eigenvalue weighted by molar-refractivity contribution is 5.79. The van der Waals surface area contributed by atoms with Gasteiger partial charge in [-0.1, -0.05) is 33.1 Å². The second kappa shape index (κ2) is 13.8. The van der Waals surface area contributed by atoms with Gasteiger partial charge in [0.05, 0.1) is 0 Å². The summed E-state index contributed by atoms with van der Waals surface area (Å²) in [6, 6.07) is 0. The second-order valence-corrected chi connectivity index (χ2v) is 7.52. The third kappa shape index (κ3) is 9.41. The number of nitrogens with zero attached hydrogens (tertiary/aromatic N) is 2. The number of hydrogen-bond donors (Lipinski definition) is 3. The summed E-state index contributed by atoms with van der Waals surface area (Å²) in [5.41, 5.74) is 5.39. The van der Waals surface area contributed by atoms with Crippen molar-refractivity contribution < 1.29 is 4.79 Å². The van der Waals surface area contributed by atoms with Crippen LogP contribution >= 0.6 is 0 Å². The van der Waals surface area contributed by atoms with Crippen LogP contribution < -0.4 is 16.4 Å². The monoisotopic (exact) mass is 367 g/mol. The Morgan fingerprint density at radius 1 is 1.19 bits per heavy atom. The highest BCUT2D eigenvalue weighted by atomic mass is 16.1. The van der Waals surface area contributed by atoms with Gasteiger partial charge < -0.3 is 21.3 Å². The van der Waals surface area contributed by atoms with E-state index < -0.39 is 0 Å². The van der Waals surface area contributed by atoms with Crippen molar-refractivity contribution >= 4 is 11.9 Å². The van der Waals surface area contributed by atoms with E-state index in [1.165, 1.54) is 32.1 Å². The summed E-state index contributed by atoms with van der Waals surface area (Å²) in [5, 5.41) is 6.89. The zero-order chi connectivity index (χ0) is 19.2. The highest BCUT2D eigenvalue weighted by Crippen LogP contribution is 2.16. The Bertz CT molecular complexity index is 405. The molecule has 26 heavy (non-hydrogen) atoms. The van der Waals surface area contributed by atoms with Crippen LogP contribution in [0, 0.1) is 11.8 Å². The minimum Gasteiger partial charge on any atom is -0.369 e. The molecule has 0 aromatic rings. The predicted molar refractivity (Wildman–Crippen MR) is 110 cm³/mol. The predicted octanol–water partition coefficient (Wildman–Crippen LogP) is 2.35. The lowest BCUT2D eigenvalue weighted by molar-refractivity contribution is -0.123. The first kappa shape index (κ1) is 22.7. The van der Waals surface area contributed by atoms with E-state index in [1.54, 1.807) is 0 Å². The van der Waals surface area contributed by atoms with Crippen molar-refractivity contribution in [3.63, 3.8) is 0 Å². The Kier molecular flexibility index (Phi) is 12.1. The summed E-state index contributed by atoms with van der Waals surface area (Å²) in [4.78, 5) is 18.0. The van der Waals surface area contributed by atoms with Gasteiger partial charge in [0, 0.05) is 26.1 Å². The number of carbonyl (C=O) groups is 1. The Morgan fingerprint density at radius 2 is 1.92 bits per heavy atom. The molecule has 1 rings (SSSR count). The number of carbonyl (C=O) groups excluding carboxylic acids is 1. The summed E-state index contributed by atoms with van der Waals surface area (Å²) in [6.45, 7) is 9.58. The molecule has 152 valence electrons. The summed E-state index contributed by atoms with van der Waals surface area (Å²) in [6.07, 6.45) is 9.22. The average Bonchev–Trinajstić information content (AvgIpc) is 2.66. The zero-order valence-electron chi connectivity index (χ0n) is 17.2. The number of nitrogens with one attached hydrogen (secondary N) is 2. The van der Waals surface area contributed by atoms with Crippen LogP contribution in [0.1, 0.15) is 65.2 Å². The molecule has 1 aliphatic heterocycles. The fourth-order valence-corrected chi connectivity index (χ4v) is 3.51. The standard InChI is InChI=1S/C20H41N5O/c1-4-6-9-17(5-2)16-24-20(22-3)23-12-7-8-13-25-14-10-18(11-15-25)19(21)26/h17-18H,4-16H2,1-3H3,(H2,21,26)(H2,22,23,24). The van der Waals surface area contributed by atoms with Crippen molar-refractivity contribution in [3.8, 4) is 0 Å². The smallest absolute Gasteiger partial charge is 0.220 e. The molecule has 0 aromatic heterocycles. The summed E-state index contributed by atoms with van der Waals surface area (Å²) in [7, 11) is 1.84. The number of rotatable bonds is 12. The Hall–Kier alpha value is -1.30. The van der Waals surface area contributed by atoms with E-state index in [9.17, 15) is 4.79 Å². The lowest BCUT2D eigenvalue weighted by atomic mass is 9.96. The van der Waals surface area contributed by atoms with Gasteiger partial charge in [-0.2, -0.15) is 0 Å². The number of likely N-dealkylation sites (tertiary alicyclic amines) is 1. The van der Waals surface area contributed by atoms with E-state index >= 15 is 0 Å². The minimum atomic E-state index is -0.132. The molecular weight excluding hydrogens is 326 g/mol. The van der Waals surface area contributed by atoms with Gasteiger partial charge in [-0.3, -0.25) is 9.79 Å². The molecule has 1 fully saturated rings. The van der Waals surface area contributed by atoms with E-state index in [4.69, 9.17) is 5.73 Å². The van der Waals surface area contributed by atoms with Gasteiger partial charge in [0.25, 0.3) is 0 Å². The third-order valence-electron chi connectivity index (χ3n) is 5.51. The van der Waals surface area contributed by atoms with Crippen LogP contribution in [0.3, 0.4) is 0 Å². The lowest BCUT2D eigenvalue weighted by Crippen LogP contribution is -2.40. The maximum atomic E-state index is 11.2. The summed E-state index contributed by atoms with van der Waals surface area (Å²) >= 11 is 0. The molecule has 1 atom stereocenters. The van der Waals surface area contributed by atoms with Crippen molar-refractivity contribution in [3.05, 3.63) is 0 Å². The van der Waals surface area contributed by atoms with Crippen LogP contribution in [0.5, 0.6) is 0 Å². The Balaban J connectivity index is 2.09. The summed E-state index contributed by atoms with van der Waals surface area (Å²) < 4.78 is 0. The molecule has 0 aliphatic carbocycles. The number of amides is 1. The van der Waals surface area contributed by atoms with Crippen molar-refractivity contribution in [1.82, 2.24) is 15.5 Å². The van der Waals surface area contributed by atoms with Crippen LogP contribution in [-0.4, -0.2) is 56.5 Å². The lowest BCUT2D eigenvalue weighted by Gasteiger charge is -2.30. The average molecular weight is 368 g/mol. The van der Waals surface area contributed by atoms with Gasteiger partial charge in [-0.25, -0.2) is 0 Å². The van der Waals surface area contributed by atoms with Crippen molar-refractivity contribution in [1.29, 1.82) is 0 Å². The van der Waals surface area contributed by atoms with E-state index in [2.05, 4.69) is 34.4 Å². The minimum absolute atomic E-state index is 0.0894. The first-order valence-electron chi connectivity index (χ1n) is 10.6. The van der Waals surface area contributed by atoms with Crippen LogP contribution in [0.2, 0.25) is 0 Å². The summed E-state index contributed by atoms with van der Waals surface area (Å²) in [5.74, 6) is 1.61. The molecule has 1 amide bonds. The van der Waals surface area contributed by atoms with Gasteiger partial charge in [-0.05, 0) is 57.7 Å². The fraction of sp³-hybridized carbons (Fsp3) is 0.900. The van der Waals surface area contributed by atoms with E-state index in [-0.39, 0.29) is 11.8 Å². The number of guanidine groups is 1. The van der Waals surface area contributed by atoms with E-state index in [1.807, 2.05) is 7.05 Å². The van der Waals surface area contributed by atoms with E-state index in [0.29, 0.717) is 0 Å². The van der Waals surface area contributed by atoms with Gasteiger partial charge >= 0.3 is 0 Å². The topological polar surface area (TPSA) is 82.8 Å². The van der Waals surface area contributed by atoms with E-state index in [0.717, 1.165) is 63.9 Å². The number of nitrogens with two attached hydrogens (primary N) is 1. The number of hydrogen-bond acceptors (Lipinski definition) is 3. The maximum absolute atomic E-state index is 11.2. The highest BCUT2D eigenvalue weighted by Gasteiger charge is 2.22. The fourth-order valence-electron chi connectivity index (χ4n) is 3.51. The second-order valence-electron chi connectivity index (χ2n) is 7.52. The SMILES string of the molecule is CCCCC(CC)CNC(=NC)NCCCCN1CCC(C(N)=O)CC1. The molecule has 1 aliphatic rings. The van der Waals surface area contributed by atoms with Gasteiger partial charge in [-0.15, -0.1) is 0 Å². The normalized spacial score (nSPS) is 17.9. The number of unbranched alkanes of at least 4 members (excludes halogenated alkanes) is 2. The molecule has 4 N–H and O–H groups in total. The Labute approximate surface area is 160 Å². The van der Waals surface area contributed by atoms with Crippen molar-refractivity contribution in [2.45, 2.75) is 65.2 Å². The third-order valence-corrected chi connectivity index (χ3v) is 5.51. The quantitative estimate of drug-likeness (QED) is 0.281. The molecule has 1 saturated heterocycles. The molecule has 1 unspecified atom stereocenters. The number of aliphatic imine (C=N–C) groups is 1. The largest absolute Gasteiger partial charge is 0.369 e. The molecule has 0 spiro atoms. The molecule has 0 aromatic carbocycles. The van der Waals surface area contributed by atoms with Gasteiger partial charge in [0.2, 0.25) is 5.91 Å². The molecule has 6 heteroatoms. The maximum Gasteiger partial charge on any atom is 0.220 e.